The molecule has 0 unspecified atom stereocenters. The molecule has 1 aliphatic heterocycles. The first-order valence-corrected chi connectivity index (χ1v) is 8.65. The highest BCUT2D eigenvalue weighted by molar-refractivity contribution is 7.99. The van der Waals surface area contributed by atoms with Crippen LogP contribution in [0.25, 0.3) is 10.1 Å². The molecule has 0 aliphatic carbocycles. The molecule has 19 heavy (non-hydrogen) atoms. The Morgan fingerprint density at radius 2 is 2.26 bits per heavy atom. The fourth-order valence-electron chi connectivity index (χ4n) is 2.40. The molecule has 0 saturated carbocycles. The molecule has 4 heteroatoms. The van der Waals surface area contributed by atoms with E-state index >= 15 is 0 Å². The Balaban J connectivity index is 1.68. The van der Waals surface area contributed by atoms with E-state index in [1.54, 1.807) is 0 Å². The zero-order chi connectivity index (χ0) is 13.3. The quantitative estimate of drug-likeness (QED) is 0.906. The van der Waals surface area contributed by atoms with Gasteiger partial charge in [0.15, 0.2) is 0 Å². The number of benzene rings is 1. The van der Waals surface area contributed by atoms with E-state index < -0.39 is 5.60 Å². The summed E-state index contributed by atoms with van der Waals surface area (Å²) in [5, 5.41) is 15.1. The van der Waals surface area contributed by atoms with Gasteiger partial charge in [-0.3, -0.25) is 0 Å². The second kappa shape index (κ2) is 5.44. The van der Waals surface area contributed by atoms with Crippen LogP contribution in [0, 0.1) is 0 Å². The molecule has 0 spiro atoms. The van der Waals surface area contributed by atoms with Gasteiger partial charge in [0.05, 0.1) is 5.60 Å². The predicted octanol–water partition coefficient (Wildman–Crippen LogP) is 3.42. The molecule has 102 valence electrons. The highest BCUT2D eigenvalue weighted by Gasteiger charge is 2.31. The summed E-state index contributed by atoms with van der Waals surface area (Å²) >= 11 is 3.68. The maximum absolute atomic E-state index is 10.3. The molecule has 1 aliphatic rings. The first-order chi connectivity index (χ1) is 9.16. The molecule has 3 rings (SSSR count). The molecular formula is C15H19NOS2. The molecule has 2 heterocycles. The molecule has 0 amide bonds. The summed E-state index contributed by atoms with van der Waals surface area (Å²) in [5.41, 5.74) is -0.504. The molecule has 2 aromatic rings. The van der Waals surface area contributed by atoms with Gasteiger partial charge in [-0.15, -0.1) is 11.3 Å². The molecule has 1 fully saturated rings. The van der Waals surface area contributed by atoms with Crippen LogP contribution in [0.3, 0.4) is 0 Å². The Labute approximate surface area is 122 Å². The topological polar surface area (TPSA) is 32.3 Å². The Morgan fingerprint density at radius 1 is 1.42 bits per heavy atom. The molecule has 2 nitrogen and oxygen atoms in total. The van der Waals surface area contributed by atoms with Crippen molar-refractivity contribution in [3.63, 3.8) is 0 Å². The molecule has 1 aromatic carbocycles. The monoisotopic (exact) mass is 293 g/mol. The lowest BCUT2D eigenvalue weighted by Gasteiger charge is -2.24. The second-order valence-corrected chi connectivity index (χ2v) is 7.54. The van der Waals surface area contributed by atoms with Gasteiger partial charge in [-0.1, -0.05) is 18.2 Å². The largest absolute Gasteiger partial charge is 0.388 e. The molecular weight excluding hydrogens is 274 g/mol. The third-order valence-electron chi connectivity index (χ3n) is 3.69. The van der Waals surface area contributed by atoms with Gasteiger partial charge >= 0.3 is 0 Å². The first-order valence-electron chi connectivity index (χ1n) is 6.68. The van der Waals surface area contributed by atoms with Gasteiger partial charge in [0.2, 0.25) is 0 Å². The van der Waals surface area contributed by atoms with E-state index in [2.05, 4.69) is 42.6 Å². The van der Waals surface area contributed by atoms with E-state index in [-0.39, 0.29) is 0 Å². The van der Waals surface area contributed by atoms with Crippen LogP contribution in [-0.2, 0) is 0 Å². The van der Waals surface area contributed by atoms with E-state index in [1.165, 1.54) is 15.0 Å². The van der Waals surface area contributed by atoms with Crippen LogP contribution >= 0.6 is 23.1 Å². The van der Waals surface area contributed by atoms with Gasteiger partial charge in [0.25, 0.3) is 0 Å². The average molecular weight is 293 g/mol. The van der Waals surface area contributed by atoms with Crippen LogP contribution in [0.1, 0.15) is 24.3 Å². The van der Waals surface area contributed by atoms with Crippen LogP contribution in [-0.4, -0.2) is 28.8 Å². The van der Waals surface area contributed by atoms with Crippen molar-refractivity contribution in [3.05, 3.63) is 35.2 Å². The minimum atomic E-state index is -0.504. The van der Waals surface area contributed by atoms with Crippen molar-refractivity contribution in [3.8, 4) is 0 Å². The van der Waals surface area contributed by atoms with Gasteiger partial charge in [-0.05, 0) is 36.6 Å². The molecule has 1 saturated heterocycles. The number of hydrogen-bond donors (Lipinski definition) is 2. The standard InChI is InChI=1S/C15H19NOS2/c1-11(16-9-15(17)6-7-18-10-15)14-8-12-4-2-3-5-13(12)19-14/h2-5,8,11,16-17H,6-7,9-10H2,1H3/t11-,15+/m0/s1. The summed E-state index contributed by atoms with van der Waals surface area (Å²) in [4.78, 5) is 1.34. The summed E-state index contributed by atoms with van der Waals surface area (Å²) < 4.78 is 1.33. The second-order valence-electron chi connectivity index (χ2n) is 5.32. The van der Waals surface area contributed by atoms with Crippen molar-refractivity contribution in [2.24, 2.45) is 0 Å². The highest BCUT2D eigenvalue weighted by atomic mass is 32.2. The van der Waals surface area contributed by atoms with Crippen LogP contribution in [0.2, 0.25) is 0 Å². The van der Waals surface area contributed by atoms with Crippen LogP contribution in [0.15, 0.2) is 30.3 Å². The zero-order valence-electron chi connectivity index (χ0n) is 11.1. The lowest BCUT2D eigenvalue weighted by atomic mass is 10.0. The fraction of sp³-hybridized carbons (Fsp3) is 0.467. The lowest BCUT2D eigenvalue weighted by molar-refractivity contribution is 0.0652. The maximum atomic E-state index is 10.3. The Hall–Kier alpha value is -0.550. The fourth-order valence-corrected chi connectivity index (χ4v) is 4.78. The zero-order valence-corrected chi connectivity index (χ0v) is 12.7. The predicted molar refractivity (Wildman–Crippen MR) is 85.1 cm³/mol. The van der Waals surface area contributed by atoms with Crippen molar-refractivity contribution < 1.29 is 5.11 Å². The molecule has 2 atom stereocenters. The highest BCUT2D eigenvalue weighted by Crippen LogP contribution is 2.31. The lowest BCUT2D eigenvalue weighted by Crippen LogP contribution is -2.41. The Kier molecular flexibility index (Phi) is 3.85. The Bertz CT molecular complexity index is 527. The summed E-state index contributed by atoms with van der Waals surface area (Å²) in [6, 6.07) is 11.0. The summed E-state index contributed by atoms with van der Waals surface area (Å²) in [7, 11) is 0. The first kappa shape index (κ1) is 13.4. The third-order valence-corrected chi connectivity index (χ3v) is 6.22. The van der Waals surface area contributed by atoms with E-state index in [0.29, 0.717) is 12.6 Å². The average Bonchev–Trinajstić information content (AvgIpc) is 3.02. The molecule has 0 bridgehead atoms. The minimum absolute atomic E-state index is 0.298. The number of rotatable bonds is 4. The molecule has 0 radical (unpaired) electrons. The van der Waals surface area contributed by atoms with Crippen LogP contribution < -0.4 is 5.32 Å². The minimum Gasteiger partial charge on any atom is -0.388 e. The van der Waals surface area contributed by atoms with Crippen molar-refractivity contribution in [2.75, 3.05) is 18.1 Å². The summed E-state index contributed by atoms with van der Waals surface area (Å²) in [5.74, 6) is 1.94. The van der Waals surface area contributed by atoms with Crippen molar-refractivity contribution in [2.45, 2.75) is 25.0 Å². The summed E-state index contributed by atoms with van der Waals surface area (Å²) in [6.45, 7) is 2.87. The Morgan fingerprint density at radius 3 is 3.00 bits per heavy atom. The number of aliphatic hydroxyl groups is 1. The number of thioether (sulfide) groups is 1. The van der Waals surface area contributed by atoms with Crippen LogP contribution in [0.5, 0.6) is 0 Å². The number of hydrogen-bond acceptors (Lipinski definition) is 4. The van der Waals surface area contributed by atoms with E-state index in [4.69, 9.17) is 0 Å². The smallest absolute Gasteiger partial charge is 0.0869 e. The SMILES string of the molecule is C[C@H](NC[C@]1(O)CCSC1)c1cc2ccccc2s1. The van der Waals surface area contributed by atoms with E-state index in [9.17, 15) is 5.11 Å². The van der Waals surface area contributed by atoms with Gasteiger partial charge in [0.1, 0.15) is 0 Å². The van der Waals surface area contributed by atoms with Gasteiger partial charge in [0, 0.05) is 27.9 Å². The van der Waals surface area contributed by atoms with Crippen molar-refractivity contribution >= 4 is 33.2 Å². The number of thiophene rings is 1. The number of fused-ring (bicyclic) bond motifs is 1. The third kappa shape index (κ3) is 2.97. The maximum Gasteiger partial charge on any atom is 0.0869 e. The number of nitrogens with one attached hydrogen (secondary N) is 1. The van der Waals surface area contributed by atoms with E-state index in [0.717, 1.165) is 17.9 Å². The van der Waals surface area contributed by atoms with Crippen molar-refractivity contribution in [1.29, 1.82) is 0 Å². The van der Waals surface area contributed by atoms with Gasteiger partial charge in [-0.2, -0.15) is 11.8 Å². The normalized spacial score (nSPS) is 24.9. The van der Waals surface area contributed by atoms with Crippen LogP contribution in [0.4, 0.5) is 0 Å². The van der Waals surface area contributed by atoms with Gasteiger partial charge in [-0.25, -0.2) is 0 Å². The van der Waals surface area contributed by atoms with Crippen molar-refractivity contribution in [1.82, 2.24) is 5.32 Å². The molecule has 2 N–H and O–H groups in total. The molecule has 1 aromatic heterocycles. The van der Waals surface area contributed by atoms with Gasteiger partial charge < -0.3 is 10.4 Å². The van der Waals surface area contributed by atoms with E-state index in [1.807, 2.05) is 23.1 Å². The summed E-state index contributed by atoms with van der Waals surface area (Å²) in [6.07, 6.45) is 0.907.